The van der Waals surface area contributed by atoms with Crippen LogP contribution >= 0.6 is 20.2 Å². The average Bonchev–Trinajstić information content (AvgIpc) is 2.58. The molecule has 0 spiro atoms. The number of rotatable bonds is 1. The summed E-state index contributed by atoms with van der Waals surface area (Å²) in [6, 6.07) is 19.1. The van der Waals surface area contributed by atoms with E-state index >= 15 is 0 Å². The predicted octanol–water partition coefficient (Wildman–Crippen LogP) is 4.20. The minimum atomic E-state index is -1.46. The molecule has 98 valence electrons. The molecule has 2 nitrogen and oxygen atoms in total. The normalized spacial score (nSPS) is 26.4. The summed E-state index contributed by atoms with van der Waals surface area (Å²) in [5.74, 6) is 1.01. The Balaban J connectivity index is 1.65. The Morgan fingerprint density at radius 3 is 2.63 bits per heavy atom. The maximum atomic E-state index is 6.31. The van der Waals surface area contributed by atoms with E-state index < -0.39 is 20.2 Å². The first kappa shape index (κ1) is 11.7. The fourth-order valence-corrected chi connectivity index (χ4v) is 8.08. The number of benzene rings is 2. The van der Waals surface area contributed by atoms with Crippen LogP contribution in [0, 0.1) is 3.57 Å². The van der Waals surface area contributed by atoms with Gasteiger partial charge in [0.2, 0.25) is 0 Å². The molecular formula is C16H15IO2. The van der Waals surface area contributed by atoms with E-state index in [9.17, 15) is 0 Å². The predicted molar refractivity (Wildman–Crippen MR) is 83.3 cm³/mol. The van der Waals surface area contributed by atoms with Gasteiger partial charge in [-0.05, 0) is 0 Å². The van der Waals surface area contributed by atoms with Crippen LogP contribution < -0.4 is 4.74 Å². The topological polar surface area (TPSA) is 18.5 Å². The van der Waals surface area contributed by atoms with Crippen molar-refractivity contribution in [3.8, 4) is 5.75 Å². The summed E-state index contributed by atoms with van der Waals surface area (Å²) in [6.45, 7) is 0.822. The monoisotopic (exact) mass is 366 g/mol. The van der Waals surface area contributed by atoms with Gasteiger partial charge in [-0.3, -0.25) is 0 Å². The summed E-state index contributed by atoms with van der Waals surface area (Å²) in [4.78, 5) is 0. The molecule has 2 heterocycles. The van der Waals surface area contributed by atoms with Crippen molar-refractivity contribution in [1.82, 2.24) is 0 Å². The fourth-order valence-electron chi connectivity index (χ4n) is 2.65. The molecule has 0 radical (unpaired) electrons. The summed E-state index contributed by atoms with van der Waals surface area (Å²) in [6.07, 6.45) is 1.39. The van der Waals surface area contributed by atoms with Crippen molar-refractivity contribution in [2.45, 2.75) is 16.4 Å². The molecule has 2 atom stereocenters. The Bertz CT molecular complexity index is 584. The molecule has 2 aromatic rings. The van der Waals surface area contributed by atoms with E-state index in [4.69, 9.17) is 7.80 Å². The Morgan fingerprint density at radius 2 is 1.74 bits per heavy atom. The first-order chi connectivity index (χ1) is 9.43. The van der Waals surface area contributed by atoms with Gasteiger partial charge in [0, 0.05) is 0 Å². The Kier molecular flexibility index (Phi) is 2.96. The molecule has 0 aromatic heterocycles. The third kappa shape index (κ3) is 1.96. The van der Waals surface area contributed by atoms with Crippen LogP contribution in [0.5, 0.6) is 5.75 Å². The van der Waals surface area contributed by atoms with Crippen LogP contribution in [-0.2, 0) is 3.07 Å². The molecule has 0 saturated carbocycles. The van der Waals surface area contributed by atoms with E-state index in [2.05, 4.69) is 48.5 Å². The van der Waals surface area contributed by atoms with E-state index in [1.807, 2.05) is 6.07 Å². The van der Waals surface area contributed by atoms with Gasteiger partial charge in [-0.15, -0.1) is 0 Å². The molecule has 1 saturated heterocycles. The van der Waals surface area contributed by atoms with Crippen molar-refractivity contribution in [1.29, 1.82) is 0 Å². The van der Waals surface area contributed by atoms with E-state index in [-0.39, 0.29) is 6.10 Å². The van der Waals surface area contributed by atoms with Gasteiger partial charge in [-0.1, -0.05) is 0 Å². The molecule has 2 unspecified atom stereocenters. The maximum absolute atomic E-state index is 6.31. The first-order valence-electron chi connectivity index (χ1n) is 6.56. The van der Waals surface area contributed by atoms with E-state index in [1.165, 1.54) is 9.13 Å². The molecule has 0 amide bonds. The Labute approximate surface area is 120 Å². The van der Waals surface area contributed by atoms with Crippen molar-refractivity contribution in [3.63, 3.8) is 0 Å². The summed E-state index contributed by atoms with van der Waals surface area (Å²) in [5.41, 5.74) is 1.24. The standard InChI is InChI=1S/C16H15IO2/c1-2-6-12(7-3-1)17-14-10-11-18-15-9-5-4-8-13(15)16(14)19-17/h1-9,14,16H,10-11H2. The zero-order chi connectivity index (χ0) is 12.7. The number of para-hydroxylation sites is 1. The number of halogens is 1. The molecule has 19 heavy (non-hydrogen) atoms. The van der Waals surface area contributed by atoms with Crippen LogP contribution in [0.4, 0.5) is 0 Å². The van der Waals surface area contributed by atoms with Crippen LogP contribution in [0.1, 0.15) is 18.1 Å². The number of alkyl halides is 1. The van der Waals surface area contributed by atoms with Gasteiger partial charge in [-0.2, -0.15) is 0 Å². The van der Waals surface area contributed by atoms with Crippen LogP contribution in [0.25, 0.3) is 0 Å². The Morgan fingerprint density at radius 1 is 0.947 bits per heavy atom. The number of hydrogen-bond donors (Lipinski definition) is 0. The molecule has 2 aromatic carbocycles. The second kappa shape index (κ2) is 4.80. The molecule has 0 aliphatic carbocycles. The van der Waals surface area contributed by atoms with Gasteiger partial charge < -0.3 is 0 Å². The SMILES string of the molecule is c1ccc(I2OC3c4ccccc4OCCC32)cc1. The summed E-state index contributed by atoms with van der Waals surface area (Å²) in [7, 11) is 0. The van der Waals surface area contributed by atoms with Crippen LogP contribution in [0.2, 0.25) is 0 Å². The van der Waals surface area contributed by atoms with Crippen LogP contribution in [-0.4, -0.2) is 10.5 Å². The van der Waals surface area contributed by atoms with Gasteiger partial charge in [-0.25, -0.2) is 0 Å². The molecule has 2 aliphatic heterocycles. The van der Waals surface area contributed by atoms with Crippen LogP contribution in [0.15, 0.2) is 54.6 Å². The first-order valence-corrected chi connectivity index (χ1v) is 9.76. The van der Waals surface area contributed by atoms with Crippen LogP contribution in [0.3, 0.4) is 0 Å². The summed E-state index contributed by atoms with van der Waals surface area (Å²) >= 11 is -1.46. The van der Waals surface area contributed by atoms with Gasteiger partial charge >= 0.3 is 121 Å². The minimum absolute atomic E-state index is 0.268. The Hall–Kier alpha value is -1.07. The number of fused-ring (bicyclic) bond motifs is 3. The third-order valence-electron chi connectivity index (χ3n) is 3.60. The number of ether oxygens (including phenoxy) is 1. The molecule has 0 N–H and O–H groups in total. The van der Waals surface area contributed by atoms with Crippen molar-refractivity contribution in [2.24, 2.45) is 0 Å². The van der Waals surface area contributed by atoms with Crippen molar-refractivity contribution in [2.75, 3.05) is 6.61 Å². The van der Waals surface area contributed by atoms with E-state index in [1.54, 1.807) is 0 Å². The molecular weight excluding hydrogens is 351 g/mol. The molecule has 3 heteroatoms. The molecule has 0 bridgehead atoms. The van der Waals surface area contributed by atoms with Gasteiger partial charge in [0.1, 0.15) is 0 Å². The van der Waals surface area contributed by atoms with Crippen molar-refractivity contribution < 1.29 is 7.80 Å². The second-order valence-corrected chi connectivity index (χ2v) is 9.70. The van der Waals surface area contributed by atoms with Gasteiger partial charge in [0.25, 0.3) is 0 Å². The average molecular weight is 366 g/mol. The van der Waals surface area contributed by atoms with Gasteiger partial charge in [0.05, 0.1) is 0 Å². The van der Waals surface area contributed by atoms with Crippen molar-refractivity contribution in [3.05, 3.63) is 63.7 Å². The quantitative estimate of drug-likeness (QED) is 0.556. The summed E-state index contributed by atoms with van der Waals surface area (Å²) in [5, 5.41) is 0. The van der Waals surface area contributed by atoms with Gasteiger partial charge in [0.15, 0.2) is 0 Å². The van der Waals surface area contributed by atoms with E-state index in [0.717, 1.165) is 18.8 Å². The third-order valence-corrected chi connectivity index (χ3v) is 9.37. The summed E-state index contributed by atoms with van der Waals surface area (Å²) < 4.78 is 14.3. The molecule has 2 aliphatic rings. The molecule has 1 fully saturated rings. The van der Waals surface area contributed by atoms with E-state index in [0.29, 0.717) is 3.92 Å². The molecule has 4 rings (SSSR count). The number of hydrogen-bond acceptors (Lipinski definition) is 2. The second-order valence-electron chi connectivity index (χ2n) is 4.77. The zero-order valence-electron chi connectivity index (χ0n) is 10.5. The zero-order valence-corrected chi connectivity index (χ0v) is 12.6. The van der Waals surface area contributed by atoms with Crippen molar-refractivity contribution >= 4 is 20.2 Å². The fraction of sp³-hybridized carbons (Fsp3) is 0.250.